The van der Waals surface area contributed by atoms with Gasteiger partial charge in [-0.3, -0.25) is 0 Å². The third kappa shape index (κ3) is 4.73. The number of rotatable bonds is 5. The fourth-order valence-electron chi connectivity index (χ4n) is 2.53. The summed E-state index contributed by atoms with van der Waals surface area (Å²) in [7, 11) is -2.08. The van der Waals surface area contributed by atoms with Gasteiger partial charge >= 0.3 is 0 Å². The van der Waals surface area contributed by atoms with Crippen molar-refractivity contribution in [3.05, 3.63) is 23.2 Å². The molecule has 22 heavy (non-hydrogen) atoms. The molecule has 2 atom stereocenters. The van der Waals surface area contributed by atoms with Gasteiger partial charge in [0.15, 0.2) is 0 Å². The molecule has 0 aromatic heterocycles. The van der Waals surface area contributed by atoms with Crippen LogP contribution in [0.25, 0.3) is 0 Å². The Morgan fingerprint density at radius 1 is 1.45 bits per heavy atom. The molecular formula is C14H22Cl2N2O3S. The summed E-state index contributed by atoms with van der Waals surface area (Å²) in [5.41, 5.74) is 0. The fourth-order valence-corrected chi connectivity index (χ4v) is 4.19. The lowest BCUT2D eigenvalue weighted by molar-refractivity contribution is 0.320. The van der Waals surface area contributed by atoms with Gasteiger partial charge in [-0.1, -0.05) is 11.6 Å². The molecule has 0 saturated carbocycles. The van der Waals surface area contributed by atoms with E-state index in [1.54, 1.807) is 6.07 Å². The highest BCUT2D eigenvalue weighted by Gasteiger charge is 2.25. The van der Waals surface area contributed by atoms with E-state index in [1.807, 2.05) is 6.92 Å². The lowest BCUT2D eigenvalue weighted by Gasteiger charge is -2.28. The first kappa shape index (κ1) is 19.5. The van der Waals surface area contributed by atoms with E-state index >= 15 is 0 Å². The van der Waals surface area contributed by atoms with E-state index in [-0.39, 0.29) is 28.4 Å². The van der Waals surface area contributed by atoms with E-state index in [0.717, 1.165) is 25.9 Å². The first-order valence-corrected chi connectivity index (χ1v) is 8.87. The Morgan fingerprint density at radius 2 is 2.18 bits per heavy atom. The molecule has 1 fully saturated rings. The molecule has 2 N–H and O–H groups in total. The summed E-state index contributed by atoms with van der Waals surface area (Å²) in [5.74, 6) is 0.766. The SMILES string of the molecule is COc1ccc(S(=O)(=O)NC(C)C2CCCNC2)cc1Cl.Cl. The lowest BCUT2D eigenvalue weighted by atomic mass is 9.94. The molecule has 126 valence electrons. The third-order valence-corrected chi connectivity index (χ3v) is 5.67. The highest BCUT2D eigenvalue weighted by atomic mass is 35.5. The molecule has 0 amide bonds. The van der Waals surface area contributed by atoms with Gasteiger partial charge in [0.05, 0.1) is 17.0 Å². The largest absolute Gasteiger partial charge is 0.495 e. The summed E-state index contributed by atoms with van der Waals surface area (Å²) < 4.78 is 32.6. The van der Waals surface area contributed by atoms with Crippen molar-refractivity contribution in [3.8, 4) is 5.75 Å². The van der Waals surface area contributed by atoms with Crippen LogP contribution in [0.3, 0.4) is 0 Å². The molecule has 0 radical (unpaired) electrons. The van der Waals surface area contributed by atoms with Gasteiger partial charge in [0.2, 0.25) is 10.0 Å². The fraction of sp³-hybridized carbons (Fsp3) is 0.571. The van der Waals surface area contributed by atoms with Gasteiger partial charge in [-0.15, -0.1) is 12.4 Å². The molecule has 2 rings (SSSR count). The lowest BCUT2D eigenvalue weighted by Crippen LogP contribution is -2.44. The van der Waals surface area contributed by atoms with E-state index < -0.39 is 10.0 Å². The zero-order valence-electron chi connectivity index (χ0n) is 12.6. The van der Waals surface area contributed by atoms with Crippen molar-refractivity contribution in [2.75, 3.05) is 20.2 Å². The Labute approximate surface area is 143 Å². The first-order valence-electron chi connectivity index (χ1n) is 7.00. The number of ether oxygens (including phenoxy) is 1. The van der Waals surface area contributed by atoms with Crippen LogP contribution in [0.4, 0.5) is 0 Å². The second-order valence-corrected chi connectivity index (χ2v) is 7.43. The zero-order valence-corrected chi connectivity index (χ0v) is 15.0. The normalized spacial score (nSPS) is 20.0. The van der Waals surface area contributed by atoms with Crippen molar-refractivity contribution < 1.29 is 13.2 Å². The molecule has 1 heterocycles. The van der Waals surface area contributed by atoms with Crippen LogP contribution >= 0.6 is 24.0 Å². The molecule has 1 aromatic carbocycles. The van der Waals surface area contributed by atoms with Crippen LogP contribution in [0.2, 0.25) is 5.02 Å². The van der Waals surface area contributed by atoms with Gasteiger partial charge < -0.3 is 10.1 Å². The van der Waals surface area contributed by atoms with Gasteiger partial charge in [-0.25, -0.2) is 13.1 Å². The minimum atomic E-state index is -3.57. The third-order valence-electron chi connectivity index (χ3n) is 3.82. The molecule has 5 nitrogen and oxygen atoms in total. The van der Waals surface area contributed by atoms with Crippen molar-refractivity contribution in [2.45, 2.75) is 30.7 Å². The van der Waals surface area contributed by atoms with Gasteiger partial charge in [0.1, 0.15) is 5.75 Å². The van der Waals surface area contributed by atoms with E-state index in [1.165, 1.54) is 19.2 Å². The average Bonchev–Trinajstić information content (AvgIpc) is 2.47. The molecule has 0 spiro atoms. The van der Waals surface area contributed by atoms with Crippen LogP contribution in [0.1, 0.15) is 19.8 Å². The van der Waals surface area contributed by atoms with Crippen LogP contribution in [-0.4, -0.2) is 34.7 Å². The van der Waals surface area contributed by atoms with Gasteiger partial charge in [-0.2, -0.15) is 0 Å². The van der Waals surface area contributed by atoms with Gasteiger partial charge in [-0.05, 0) is 57.0 Å². The molecule has 2 unspecified atom stereocenters. The van der Waals surface area contributed by atoms with Crippen molar-refractivity contribution in [2.24, 2.45) is 5.92 Å². The summed E-state index contributed by atoms with van der Waals surface area (Å²) in [6.45, 7) is 3.75. The Balaban J connectivity index is 0.00000242. The number of hydrogen-bond acceptors (Lipinski definition) is 4. The minimum Gasteiger partial charge on any atom is -0.495 e. The molecular weight excluding hydrogens is 347 g/mol. The number of nitrogens with one attached hydrogen (secondary N) is 2. The van der Waals surface area contributed by atoms with Gasteiger partial charge in [0, 0.05) is 6.04 Å². The van der Waals surface area contributed by atoms with E-state index in [9.17, 15) is 8.42 Å². The molecule has 1 saturated heterocycles. The van der Waals surface area contributed by atoms with Crippen molar-refractivity contribution in [1.82, 2.24) is 10.0 Å². The molecule has 8 heteroatoms. The highest BCUT2D eigenvalue weighted by Crippen LogP contribution is 2.27. The summed E-state index contributed by atoms with van der Waals surface area (Å²) >= 11 is 5.99. The number of halogens is 2. The minimum absolute atomic E-state index is 0. The van der Waals surface area contributed by atoms with Crippen molar-refractivity contribution in [1.29, 1.82) is 0 Å². The van der Waals surface area contributed by atoms with Gasteiger partial charge in [0.25, 0.3) is 0 Å². The van der Waals surface area contributed by atoms with E-state index in [0.29, 0.717) is 11.7 Å². The maximum Gasteiger partial charge on any atom is 0.240 e. The zero-order chi connectivity index (χ0) is 15.5. The maximum absolute atomic E-state index is 12.4. The Hall–Kier alpha value is -0.530. The second-order valence-electron chi connectivity index (χ2n) is 5.31. The number of benzene rings is 1. The number of sulfonamides is 1. The second kappa shape index (κ2) is 8.36. The van der Waals surface area contributed by atoms with Crippen LogP contribution in [0.15, 0.2) is 23.1 Å². The Bertz CT molecular complexity index is 590. The van der Waals surface area contributed by atoms with Crippen molar-refractivity contribution in [3.63, 3.8) is 0 Å². The molecule has 0 aliphatic carbocycles. The summed E-state index contributed by atoms with van der Waals surface area (Å²) in [4.78, 5) is 0.156. The standard InChI is InChI=1S/C14H21ClN2O3S.ClH/c1-10(11-4-3-7-16-9-11)17-21(18,19)12-5-6-14(20-2)13(15)8-12;/h5-6,8,10-11,16-17H,3-4,7,9H2,1-2H3;1H. The molecule has 0 bridgehead atoms. The highest BCUT2D eigenvalue weighted by molar-refractivity contribution is 7.89. The molecule has 1 aliphatic rings. The van der Waals surface area contributed by atoms with Crippen LogP contribution in [0.5, 0.6) is 5.75 Å². The maximum atomic E-state index is 12.4. The van der Waals surface area contributed by atoms with Crippen LogP contribution in [0, 0.1) is 5.92 Å². The average molecular weight is 369 g/mol. The summed E-state index contributed by atoms with van der Waals surface area (Å²) in [6, 6.07) is 4.35. The monoisotopic (exact) mass is 368 g/mol. The molecule has 1 aromatic rings. The Morgan fingerprint density at radius 3 is 2.73 bits per heavy atom. The Kier molecular flexibility index (Phi) is 7.41. The first-order chi connectivity index (χ1) is 9.94. The quantitative estimate of drug-likeness (QED) is 0.837. The van der Waals surface area contributed by atoms with Crippen LogP contribution in [-0.2, 0) is 10.0 Å². The number of methoxy groups -OCH3 is 1. The van der Waals surface area contributed by atoms with E-state index in [2.05, 4.69) is 10.0 Å². The summed E-state index contributed by atoms with van der Waals surface area (Å²) in [6.07, 6.45) is 2.10. The predicted octanol–water partition coefficient (Wildman–Crippen LogP) is 2.44. The number of piperidine rings is 1. The van der Waals surface area contributed by atoms with E-state index in [4.69, 9.17) is 16.3 Å². The van der Waals surface area contributed by atoms with Crippen molar-refractivity contribution >= 4 is 34.0 Å². The number of hydrogen-bond donors (Lipinski definition) is 2. The summed E-state index contributed by atoms with van der Waals surface area (Å²) in [5, 5.41) is 3.58. The van der Waals surface area contributed by atoms with Crippen LogP contribution < -0.4 is 14.8 Å². The topological polar surface area (TPSA) is 67.4 Å². The smallest absolute Gasteiger partial charge is 0.240 e. The molecule has 1 aliphatic heterocycles. The predicted molar refractivity (Wildman–Crippen MR) is 90.6 cm³/mol.